The van der Waals surface area contributed by atoms with E-state index in [9.17, 15) is 4.79 Å². The van der Waals surface area contributed by atoms with E-state index in [4.69, 9.17) is 21.1 Å². The highest BCUT2D eigenvalue weighted by Crippen LogP contribution is 2.28. The molecule has 1 N–H and O–H groups in total. The topological polar surface area (TPSA) is 68.6 Å². The fourth-order valence-corrected chi connectivity index (χ4v) is 4.04. The molecule has 1 saturated heterocycles. The van der Waals surface area contributed by atoms with E-state index in [-0.39, 0.29) is 12.6 Å². The average molecular weight is 506 g/mol. The number of ether oxygens (including phenoxy) is 2. The van der Waals surface area contributed by atoms with E-state index in [2.05, 4.69) is 37.3 Å². The van der Waals surface area contributed by atoms with E-state index in [0.29, 0.717) is 16.5 Å². The molecule has 7 nitrogen and oxygen atoms in total. The molecule has 162 valence electrons. The SMILES string of the molecule is O=C(Nc1cccc(CN2CCOCC2)c1)c1ccn(COc2ccc(Cl)cc2Br)n1. The van der Waals surface area contributed by atoms with Crippen molar-refractivity contribution >= 4 is 39.1 Å². The van der Waals surface area contributed by atoms with Crippen molar-refractivity contribution in [2.45, 2.75) is 13.3 Å². The number of anilines is 1. The van der Waals surface area contributed by atoms with Gasteiger partial charge in [0.05, 0.1) is 17.7 Å². The van der Waals surface area contributed by atoms with Crippen LogP contribution in [0.5, 0.6) is 5.75 Å². The fraction of sp³-hybridized carbons (Fsp3) is 0.273. The van der Waals surface area contributed by atoms with Crippen LogP contribution in [0.4, 0.5) is 5.69 Å². The molecule has 1 aromatic heterocycles. The molecule has 1 aliphatic rings. The van der Waals surface area contributed by atoms with Crippen LogP contribution in [0.15, 0.2) is 59.2 Å². The molecule has 0 atom stereocenters. The number of nitrogens with zero attached hydrogens (tertiary/aromatic N) is 3. The van der Waals surface area contributed by atoms with E-state index in [0.717, 1.165) is 48.6 Å². The Morgan fingerprint density at radius 1 is 1.19 bits per heavy atom. The lowest BCUT2D eigenvalue weighted by Gasteiger charge is -2.26. The molecule has 1 aliphatic heterocycles. The lowest BCUT2D eigenvalue weighted by Crippen LogP contribution is -2.35. The molecule has 1 fully saturated rings. The first-order valence-electron chi connectivity index (χ1n) is 9.88. The number of rotatable bonds is 7. The summed E-state index contributed by atoms with van der Waals surface area (Å²) in [5.74, 6) is 0.373. The smallest absolute Gasteiger partial charge is 0.276 e. The third-order valence-electron chi connectivity index (χ3n) is 4.81. The van der Waals surface area contributed by atoms with Crippen molar-refractivity contribution in [3.05, 3.63) is 75.5 Å². The number of benzene rings is 2. The lowest BCUT2D eigenvalue weighted by atomic mass is 10.2. The quantitative estimate of drug-likeness (QED) is 0.515. The molecule has 2 heterocycles. The summed E-state index contributed by atoms with van der Waals surface area (Å²) in [6.45, 7) is 4.36. The maximum Gasteiger partial charge on any atom is 0.276 e. The number of nitrogens with one attached hydrogen (secondary N) is 1. The molecule has 0 aliphatic carbocycles. The number of carbonyl (C=O) groups is 1. The molecular weight excluding hydrogens is 484 g/mol. The third-order valence-corrected chi connectivity index (χ3v) is 5.67. The summed E-state index contributed by atoms with van der Waals surface area (Å²) in [5.41, 5.74) is 2.20. The Hall–Kier alpha value is -2.39. The van der Waals surface area contributed by atoms with E-state index in [1.165, 1.54) is 0 Å². The van der Waals surface area contributed by atoms with Gasteiger partial charge >= 0.3 is 0 Å². The van der Waals surface area contributed by atoms with Crippen LogP contribution < -0.4 is 10.1 Å². The predicted molar refractivity (Wildman–Crippen MR) is 122 cm³/mol. The average Bonchev–Trinajstić information content (AvgIpc) is 3.23. The molecule has 0 radical (unpaired) electrons. The monoisotopic (exact) mass is 504 g/mol. The second-order valence-electron chi connectivity index (χ2n) is 7.13. The van der Waals surface area contributed by atoms with Crippen molar-refractivity contribution < 1.29 is 14.3 Å². The Labute approximate surface area is 194 Å². The van der Waals surface area contributed by atoms with Crippen molar-refractivity contribution in [3.63, 3.8) is 0 Å². The highest BCUT2D eigenvalue weighted by molar-refractivity contribution is 9.10. The maximum atomic E-state index is 12.6. The fourth-order valence-electron chi connectivity index (χ4n) is 3.24. The molecule has 9 heteroatoms. The summed E-state index contributed by atoms with van der Waals surface area (Å²) in [4.78, 5) is 15.0. The van der Waals surface area contributed by atoms with Crippen LogP contribution in [0.1, 0.15) is 16.1 Å². The Balaban J connectivity index is 1.34. The molecule has 0 spiro atoms. The summed E-state index contributed by atoms with van der Waals surface area (Å²) < 4.78 is 13.4. The summed E-state index contributed by atoms with van der Waals surface area (Å²) in [5, 5.41) is 7.84. The standard InChI is InChI=1S/C22H22BrClN4O3/c23-19-13-17(24)4-5-21(19)31-15-28-7-6-20(26-28)22(29)25-18-3-1-2-16(12-18)14-27-8-10-30-11-9-27/h1-7,12-13H,8-11,14-15H2,(H,25,29). The van der Waals surface area contributed by atoms with Crippen LogP contribution in [-0.4, -0.2) is 46.9 Å². The van der Waals surface area contributed by atoms with Gasteiger partial charge in [-0.15, -0.1) is 0 Å². The highest BCUT2D eigenvalue weighted by Gasteiger charge is 2.13. The zero-order valence-corrected chi connectivity index (χ0v) is 19.1. The van der Waals surface area contributed by atoms with Crippen LogP contribution in [0.2, 0.25) is 5.02 Å². The van der Waals surface area contributed by atoms with Crippen molar-refractivity contribution in [1.82, 2.24) is 14.7 Å². The van der Waals surface area contributed by atoms with Gasteiger partial charge in [0.15, 0.2) is 12.4 Å². The van der Waals surface area contributed by atoms with E-state index >= 15 is 0 Å². The van der Waals surface area contributed by atoms with Gasteiger partial charge in [-0.3, -0.25) is 9.69 Å². The van der Waals surface area contributed by atoms with Crippen LogP contribution in [-0.2, 0) is 18.0 Å². The minimum absolute atomic E-state index is 0.169. The molecule has 0 unspecified atom stereocenters. The Bertz CT molecular complexity index is 1050. The number of hydrogen-bond acceptors (Lipinski definition) is 5. The number of amides is 1. The van der Waals surface area contributed by atoms with Crippen LogP contribution in [0.3, 0.4) is 0 Å². The number of hydrogen-bond donors (Lipinski definition) is 1. The van der Waals surface area contributed by atoms with Crippen LogP contribution >= 0.6 is 27.5 Å². The zero-order chi connectivity index (χ0) is 21.6. The first-order chi connectivity index (χ1) is 15.1. The van der Waals surface area contributed by atoms with Gasteiger partial charge in [0.25, 0.3) is 5.91 Å². The summed E-state index contributed by atoms with van der Waals surface area (Å²) in [6, 6.07) is 14.8. The van der Waals surface area contributed by atoms with Crippen molar-refractivity contribution in [3.8, 4) is 5.75 Å². The molecule has 0 bridgehead atoms. The second kappa shape index (κ2) is 10.3. The predicted octanol–water partition coefficient (Wildman–Crippen LogP) is 4.42. The van der Waals surface area contributed by atoms with E-state index in [1.54, 1.807) is 35.1 Å². The number of carbonyl (C=O) groups excluding carboxylic acids is 1. The van der Waals surface area contributed by atoms with Gasteiger partial charge in [-0.05, 0) is 57.9 Å². The summed E-state index contributed by atoms with van der Waals surface area (Å²) in [7, 11) is 0. The zero-order valence-electron chi connectivity index (χ0n) is 16.8. The van der Waals surface area contributed by atoms with E-state index < -0.39 is 0 Å². The largest absolute Gasteiger partial charge is 0.470 e. The van der Waals surface area contributed by atoms with Gasteiger partial charge < -0.3 is 14.8 Å². The molecule has 2 aromatic carbocycles. The normalized spacial score (nSPS) is 14.4. The van der Waals surface area contributed by atoms with E-state index in [1.807, 2.05) is 18.2 Å². The molecule has 4 rings (SSSR count). The van der Waals surface area contributed by atoms with Gasteiger partial charge in [-0.25, -0.2) is 4.68 Å². The first kappa shape index (κ1) is 21.8. The Morgan fingerprint density at radius 2 is 2.03 bits per heavy atom. The van der Waals surface area contributed by atoms with Crippen molar-refractivity contribution in [2.24, 2.45) is 0 Å². The van der Waals surface area contributed by atoms with Gasteiger partial charge in [-0.2, -0.15) is 5.10 Å². The highest BCUT2D eigenvalue weighted by atomic mass is 79.9. The van der Waals surface area contributed by atoms with Gasteiger partial charge in [0.2, 0.25) is 0 Å². The Morgan fingerprint density at radius 3 is 2.84 bits per heavy atom. The van der Waals surface area contributed by atoms with Crippen LogP contribution in [0, 0.1) is 0 Å². The molecule has 31 heavy (non-hydrogen) atoms. The van der Waals surface area contributed by atoms with Gasteiger partial charge in [0.1, 0.15) is 5.75 Å². The van der Waals surface area contributed by atoms with Gasteiger partial charge in [0, 0.05) is 36.5 Å². The number of morpholine rings is 1. The lowest BCUT2D eigenvalue weighted by molar-refractivity contribution is 0.0342. The number of aromatic nitrogens is 2. The van der Waals surface area contributed by atoms with Crippen molar-refractivity contribution in [1.29, 1.82) is 0 Å². The minimum atomic E-state index is -0.269. The van der Waals surface area contributed by atoms with Crippen LogP contribution in [0.25, 0.3) is 0 Å². The second-order valence-corrected chi connectivity index (χ2v) is 8.42. The Kier molecular flexibility index (Phi) is 7.24. The third kappa shape index (κ3) is 6.07. The molecule has 0 saturated carbocycles. The van der Waals surface area contributed by atoms with Crippen molar-refractivity contribution in [2.75, 3.05) is 31.6 Å². The molecule has 1 amide bonds. The molecule has 3 aromatic rings. The summed E-state index contributed by atoms with van der Waals surface area (Å²) >= 11 is 9.35. The minimum Gasteiger partial charge on any atom is -0.470 e. The summed E-state index contributed by atoms with van der Waals surface area (Å²) in [6.07, 6.45) is 1.70. The maximum absolute atomic E-state index is 12.6. The first-order valence-corrected chi connectivity index (χ1v) is 11.1. The number of halogens is 2. The molecular formula is C22H22BrClN4O3. The van der Waals surface area contributed by atoms with Gasteiger partial charge in [-0.1, -0.05) is 23.7 Å².